The number of aromatic amines is 2. The number of benzene rings is 2. The summed E-state index contributed by atoms with van der Waals surface area (Å²) < 4.78 is 33.3. The number of rotatable bonds is 12. The molecular weight excluding hydrogens is 765 g/mol. The third-order valence-corrected chi connectivity index (χ3v) is 13.5. The van der Waals surface area contributed by atoms with Gasteiger partial charge < -0.3 is 39.9 Å². The molecule has 2 aliphatic rings. The number of nitrogens with zero attached hydrogens (tertiary/aromatic N) is 4. The van der Waals surface area contributed by atoms with Crippen LogP contribution in [0.2, 0.25) is 0 Å². The summed E-state index contributed by atoms with van der Waals surface area (Å²) in [6.45, 7) is 7.56. The Labute approximate surface area is 338 Å². The van der Waals surface area contributed by atoms with Crippen LogP contribution in [-0.2, 0) is 28.9 Å². The molecule has 0 bridgehead atoms. The van der Waals surface area contributed by atoms with Gasteiger partial charge in [-0.15, -0.1) is 0 Å². The van der Waals surface area contributed by atoms with E-state index in [4.69, 9.17) is 9.47 Å². The lowest BCUT2D eigenvalue weighted by atomic mass is 10.0. The molecule has 4 heterocycles. The van der Waals surface area contributed by atoms with Crippen LogP contribution >= 0.6 is 0 Å². The number of imidazole rings is 2. The molecule has 2 fully saturated rings. The fraction of sp³-hybridized carbons (Fsp3) is 0.463. The molecule has 4 N–H and O–H groups in total. The van der Waals surface area contributed by atoms with Crippen molar-refractivity contribution in [3.05, 3.63) is 72.6 Å². The van der Waals surface area contributed by atoms with Gasteiger partial charge in [-0.2, -0.15) is 0 Å². The van der Waals surface area contributed by atoms with Crippen molar-refractivity contribution in [3.63, 3.8) is 0 Å². The Hall–Kier alpha value is -5.71. The average molecular weight is 817 g/mol. The molecule has 2 saturated heterocycles. The number of carbonyl (C=O) groups is 4. The summed E-state index contributed by atoms with van der Waals surface area (Å²) in [4.78, 5) is 71.0. The van der Waals surface area contributed by atoms with Crippen LogP contribution in [0.25, 0.3) is 33.6 Å². The second kappa shape index (κ2) is 17.0. The number of alkyl carbamates (subject to hydrolysis) is 2. The maximum atomic E-state index is 13.9. The van der Waals surface area contributed by atoms with E-state index in [0.717, 1.165) is 59.8 Å². The number of H-pyrrole nitrogens is 2. The van der Waals surface area contributed by atoms with Gasteiger partial charge in [-0.05, 0) is 67.7 Å². The molecule has 0 radical (unpaired) electrons. The van der Waals surface area contributed by atoms with E-state index in [1.807, 2.05) is 62.4 Å². The van der Waals surface area contributed by atoms with Crippen LogP contribution in [0, 0.1) is 5.92 Å². The zero-order valence-corrected chi connectivity index (χ0v) is 34.7. The van der Waals surface area contributed by atoms with E-state index < -0.39 is 50.8 Å². The van der Waals surface area contributed by atoms with Gasteiger partial charge in [0.2, 0.25) is 11.8 Å². The van der Waals surface area contributed by atoms with Crippen LogP contribution in [0.3, 0.4) is 0 Å². The summed E-state index contributed by atoms with van der Waals surface area (Å²) in [7, 11) is -1.33. The van der Waals surface area contributed by atoms with Crippen molar-refractivity contribution in [2.45, 2.75) is 82.3 Å². The molecule has 0 aliphatic carbocycles. The summed E-state index contributed by atoms with van der Waals surface area (Å²) in [6, 6.07) is 13.4. The number of methoxy groups -OCH3 is 2. The zero-order valence-electron chi connectivity index (χ0n) is 33.9. The lowest BCUT2D eigenvalue weighted by Crippen LogP contribution is -2.61. The molecular formula is C41H52N8O8S. The van der Waals surface area contributed by atoms with Crippen LogP contribution in [-0.4, -0.2) is 113 Å². The van der Waals surface area contributed by atoms with Gasteiger partial charge in [0, 0.05) is 19.3 Å². The van der Waals surface area contributed by atoms with E-state index in [1.165, 1.54) is 21.0 Å². The van der Waals surface area contributed by atoms with Crippen molar-refractivity contribution in [1.82, 2.24) is 40.4 Å². The molecule has 4 atom stereocenters. The fourth-order valence-corrected chi connectivity index (χ4v) is 8.17. The minimum absolute atomic E-state index is 0.121. The van der Waals surface area contributed by atoms with Crippen molar-refractivity contribution >= 4 is 33.8 Å². The van der Waals surface area contributed by atoms with Gasteiger partial charge in [-0.3, -0.25) is 9.59 Å². The van der Waals surface area contributed by atoms with Gasteiger partial charge in [-0.25, -0.2) is 28.0 Å². The van der Waals surface area contributed by atoms with E-state index >= 15 is 0 Å². The highest BCUT2D eigenvalue weighted by Crippen LogP contribution is 2.36. The van der Waals surface area contributed by atoms with E-state index in [1.54, 1.807) is 22.2 Å². The molecule has 0 saturated carbocycles. The number of likely N-dealkylation sites (tertiary alicyclic amines) is 2. The van der Waals surface area contributed by atoms with Crippen LogP contribution in [0.15, 0.2) is 60.9 Å². The Morgan fingerprint density at radius 3 is 1.55 bits per heavy atom. The number of hydrogen-bond acceptors (Lipinski definition) is 10. The highest BCUT2D eigenvalue weighted by atomic mass is 32.2. The Kier molecular flexibility index (Phi) is 12.3. The summed E-state index contributed by atoms with van der Waals surface area (Å²) in [5.74, 6) is 0.464. The van der Waals surface area contributed by atoms with E-state index in [-0.39, 0.29) is 17.9 Å². The quantitative estimate of drug-likeness (QED) is 0.143. The molecule has 0 spiro atoms. The Morgan fingerprint density at radius 1 is 0.724 bits per heavy atom. The minimum Gasteiger partial charge on any atom is -0.453 e. The zero-order chi connectivity index (χ0) is 41.9. The maximum absolute atomic E-state index is 13.9. The Balaban J connectivity index is 1.13. The normalized spacial score (nSPS) is 18.2. The standard InChI is InChI=1S/C41H52N8O8S/c1-24(2)33(46-39(52)56-5)37(50)48-20-8-10-31(48)35-42-22-29(44-35)27-16-12-25(13-17-27)26-14-18-28(19-15-26)30-23-43-36(45-30)32-11-9-21-49(32)38(51)34(47-40(53)57-6)41(3,4)58(7,54)55/h12-19,22-24,31-34H,8-11,20-21H2,1-7H3,(H,42,44)(H,43,45)(H,46,52)(H,47,53). The number of nitrogens with one attached hydrogen (secondary N) is 4. The predicted molar refractivity (Wildman–Crippen MR) is 217 cm³/mol. The molecule has 58 heavy (non-hydrogen) atoms. The van der Waals surface area contributed by atoms with Crippen LogP contribution in [0.1, 0.15) is 77.1 Å². The molecule has 6 rings (SSSR count). The molecule has 16 nitrogen and oxygen atoms in total. The van der Waals surface area contributed by atoms with Crippen molar-refractivity contribution in [1.29, 1.82) is 0 Å². The molecule has 17 heteroatoms. The smallest absolute Gasteiger partial charge is 0.407 e. The number of aromatic nitrogens is 4. The summed E-state index contributed by atoms with van der Waals surface area (Å²) >= 11 is 0. The van der Waals surface area contributed by atoms with E-state index in [2.05, 4.69) is 30.6 Å². The lowest BCUT2D eigenvalue weighted by Gasteiger charge is -2.36. The van der Waals surface area contributed by atoms with Crippen LogP contribution < -0.4 is 10.6 Å². The lowest BCUT2D eigenvalue weighted by molar-refractivity contribution is -0.136. The predicted octanol–water partition coefficient (Wildman–Crippen LogP) is 5.39. The number of carbonyl (C=O) groups excluding carboxylic acids is 4. The first-order chi connectivity index (χ1) is 27.5. The van der Waals surface area contributed by atoms with Crippen molar-refractivity contribution in [2.75, 3.05) is 33.6 Å². The summed E-state index contributed by atoms with van der Waals surface area (Å²) in [6.07, 6.45) is 5.89. The number of hydrogen-bond donors (Lipinski definition) is 4. The van der Waals surface area contributed by atoms with Crippen molar-refractivity contribution in [2.24, 2.45) is 5.92 Å². The van der Waals surface area contributed by atoms with Crippen LogP contribution in [0.4, 0.5) is 9.59 Å². The number of ether oxygens (including phenoxy) is 2. The van der Waals surface area contributed by atoms with Crippen molar-refractivity contribution in [3.8, 4) is 33.6 Å². The first-order valence-corrected chi connectivity index (χ1v) is 21.2. The monoisotopic (exact) mass is 816 g/mol. The third kappa shape index (κ3) is 8.59. The van der Waals surface area contributed by atoms with Gasteiger partial charge in [0.05, 0.1) is 54.8 Å². The Morgan fingerprint density at radius 2 is 1.14 bits per heavy atom. The fourth-order valence-electron chi connectivity index (χ4n) is 7.59. The topological polar surface area (TPSA) is 209 Å². The van der Waals surface area contributed by atoms with Gasteiger partial charge in [0.1, 0.15) is 23.7 Å². The van der Waals surface area contributed by atoms with Gasteiger partial charge >= 0.3 is 12.2 Å². The van der Waals surface area contributed by atoms with E-state index in [0.29, 0.717) is 37.6 Å². The third-order valence-electron chi connectivity index (χ3n) is 11.4. The molecule has 2 aliphatic heterocycles. The SMILES string of the molecule is COC(=O)NC(C(=O)N1CCCC1c1ncc(-c2ccc(-c3ccc(-c4cnc(C5CCCN5C(=O)C(NC(=O)OC)C(C)(C)S(C)(=O)=O)[nH]4)cc3)cc2)[nH]1)C(C)C. The summed E-state index contributed by atoms with van der Waals surface area (Å²) in [5, 5.41) is 5.14. The highest BCUT2D eigenvalue weighted by molar-refractivity contribution is 7.92. The maximum Gasteiger partial charge on any atom is 0.407 e. The Bertz CT molecular complexity index is 2230. The first kappa shape index (κ1) is 41.9. The molecule has 2 aromatic carbocycles. The first-order valence-electron chi connectivity index (χ1n) is 19.3. The molecule has 2 aromatic heterocycles. The molecule has 4 aromatic rings. The second-order valence-corrected chi connectivity index (χ2v) is 18.3. The molecule has 310 valence electrons. The molecule has 4 unspecified atom stereocenters. The highest BCUT2D eigenvalue weighted by Gasteiger charge is 2.48. The molecule has 4 amide bonds. The number of sulfone groups is 1. The van der Waals surface area contributed by atoms with Gasteiger partial charge in [-0.1, -0.05) is 62.4 Å². The largest absolute Gasteiger partial charge is 0.453 e. The average Bonchev–Trinajstić information content (AvgIpc) is 4.05. The van der Waals surface area contributed by atoms with Crippen molar-refractivity contribution < 1.29 is 37.1 Å². The number of amides is 4. The minimum atomic E-state index is -3.76. The van der Waals surface area contributed by atoms with Gasteiger partial charge in [0.25, 0.3) is 0 Å². The second-order valence-electron chi connectivity index (χ2n) is 15.7. The summed E-state index contributed by atoms with van der Waals surface area (Å²) in [5.41, 5.74) is 5.44. The van der Waals surface area contributed by atoms with Gasteiger partial charge in [0.15, 0.2) is 9.84 Å². The van der Waals surface area contributed by atoms with E-state index in [9.17, 15) is 27.6 Å². The van der Waals surface area contributed by atoms with Crippen LogP contribution in [0.5, 0.6) is 0 Å².